The quantitative estimate of drug-likeness (QED) is 0.776. The maximum absolute atomic E-state index is 13.1. The number of amides is 1. The monoisotopic (exact) mass is 411 g/mol. The molecule has 0 unspecified atom stereocenters. The van der Waals surface area contributed by atoms with Gasteiger partial charge in [0.2, 0.25) is 0 Å². The summed E-state index contributed by atoms with van der Waals surface area (Å²) in [6.45, 7) is 2.03. The van der Waals surface area contributed by atoms with Crippen molar-refractivity contribution in [1.82, 2.24) is 10.1 Å². The number of halogens is 3. The number of carbonyl (C=O) groups excluding carboxylic acids is 1. The summed E-state index contributed by atoms with van der Waals surface area (Å²) < 4.78 is 46.7. The number of alkyl halides is 3. The first-order chi connectivity index (χ1) is 13.7. The van der Waals surface area contributed by atoms with Crippen LogP contribution in [0.2, 0.25) is 0 Å². The van der Waals surface area contributed by atoms with Gasteiger partial charge in [-0.25, -0.2) is 0 Å². The smallest absolute Gasteiger partial charge is 0.406 e. The van der Waals surface area contributed by atoms with E-state index in [1.807, 2.05) is 6.92 Å². The normalized spacial score (nSPS) is 19.8. The Hall–Kier alpha value is -2.55. The number of carbonyl (C=O) groups is 1. The highest BCUT2D eigenvalue weighted by Crippen LogP contribution is 2.28. The van der Waals surface area contributed by atoms with Crippen molar-refractivity contribution in [2.24, 2.45) is 5.73 Å². The highest BCUT2D eigenvalue weighted by atomic mass is 19.4. The number of aromatic nitrogens is 1. The van der Waals surface area contributed by atoms with Crippen molar-refractivity contribution in [3.05, 3.63) is 47.3 Å². The van der Waals surface area contributed by atoms with Crippen LogP contribution in [-0.4, -0.2) is 34.4 Å². The van der Waals surface area contributed by atoms with Crippen LogP contribution in [-0.2, 0) is 13.0 Å². The number of hydrogen-bond acceptors (Lipinski definition) is 5. The van der Waals surface area contributed by atoms with E-state index in [2.05, 4.69) is 9.89 Å². The van der Waals surface area contributed by atoms with Crippen molar-refractivity contribution in [1.29, 1.82) is 0 Å². The largest absolute Gasteiger partial charge is 0.573 e. The molecule has 1 aromatic carbocycles. The highest BCUT2D eigenvalue weighted by Gasteiger charge is 2.32. The Kier molecular flexibility index (Phi) is 6.46. The van der Waals surface area contributed by atoms with Gasteiger partial charge in [0.05, 0.1) is 0 Å². The fraction of sp³-hybridized carbons (Fsp3) is 0.500. The summed E-state index contributed by atoms with van der Waals surface area (Å²) in [5, 5.41) is 3.86. The summed E-state index contributed by atoms with van der Waals surface area (Å²) in [6, 6.07) is 7.30. The van der Waals surface area contributed by atoms with E-state index in [0.29, 0.717) is 17.7 Å². The molecule has 3 rings (SSSR count). The molecule has 1 aliphatic carbocycles. The van der Waals surface area contributed by atoms with Gasteiger partial charge in [-0.3, -0.25) is 4.79 Å². The van der Waals surface area contributed by atoms with Crippen molar-refractivity contribution in [2.75, 3.05) is 0 Å². The molecule has 0 aliphatic heterocycles. The summed E-state index contributed by atoms with van der Waals surface area (Å²) in [5.74, 6) is -0.0293. The number of hydrogen-bond donors (Lipinski definition) is 1. The number of ether oxygens (including phenoxy) is 1. The second-order valence-corrected chi connectivity index (χ2v) is 7.23. The number of nitrogens with two attached hydrogens (primary N) is 1. The first kappa shape index (κ1) is 21.2. The fourth-order valence-electron chi connectivity index (χ4n) is 3.55. The van der Waals surface area contributed by atoms with Crippen LogP contribution in [0.3, 0.4) is 0 Å². The number of nitrogens with zero attached hydrogens (tertiary/aromatic N) is 2. The van der Waals surface area contributed by atoms with E-state index in [1.165, 1.54) is 18.2 Å². The van der Waals surface area contributed by atoms with Gasteiger partial charge in [-0.2, -0.15) is 0 Å². The van der Waals surface area contributed by atoms with Crippen molar-refractivity contribution in [3.8, 4) is 5.75 Å². The number of rotatable bonds is 6. The van der Waals surface area contributed by atoms with Crippen LogP contribution in [0.5, 0.6) is 5.75 Å². The van der Waals surface area contributed by atoms with Gasteiger partial charge in [0.15, 0.2) is 5.69 Å². The summed E-state index contributed by atoms with van der Waals surface area (Å²) >= 11 is 0. The Bertz CT molecular complexity index is 830. The maximum Gasteiger partial charge on any atom is 0.573 e. The van der Waals surface area contributed by atoms with Gasteiger partial charge < -0.3 is 19.9 Å². The fourth-order valence-corrected chi connectivity index (χ4v) is 3.55. The number of benzene rings is 1. The molecule has 1 fully saturated rings. The van der Waals surface area contributed by atoms with Gasteiger partial charge in [0.25, 0.3) is 5.91 Å². The summed E-state index contributed by atoms with van der Waals surface area (Å²) in [4.78, 5) is 14.8. The standard InChI is InChI=1S/C20H24F3N3O3/c1-2-16-11-18(25-29-16)19(27)26(15-8-6-14(24)7-9-15)12-13-4-3-5-17(10-13)28-20(21,22)23/h3-5,10-11,14-15H,2,6-9,12,24H2,1H3/t14-,15+. The Morgan fingerprint density at radius 3 is 2.62 bits per heavy atom. The van der Waals surface area contributed by atoms with Gasteiger partial charge in [-0.05, 0) is 43.4 Å². The van der Waals surface area contributed by atoms with Crippen molar-refractivity contribution in [3.63, 3.8) is 0 Å². The summed E-state index contributed by atoms with van der Waals surface area (Å²) in [6.07, 6.45) is -1.15. The minimum absolute atomic E-state index is 0.0729. The van der Waals surface area contributed by atoms with Gasteiger partial charge in [0, 0.05) is 31.1 Å². The zero-order valence-corrected chi connectivity index (χ0v) is 16.1. The molecular weight excluding hydrogens is 387 g/mol. The summed E-state index contributed by atoms with van der Waals surface area (Å²) in [7, 11) is 0. The van der Waals surface area contributed by atoms with Crippen LogP contribution in [0.1, 0.15) is 54.4 Å². The first-order valence-corrected chi connectivity index (χ1v) is 9.62. The minimum atomic E-state index is -4.77. The van der Waals surface area contributed by atoms with Gasteiger partial charge in [-0.15, -0.1) is 13.2 Å². The molecule has 6 nitrogen and oxygen atoms in total. The molecule has 0 bridgehead atoms. The van der Waals surface area contributed by atoms with E-state index in [-0.39, 0.29) is 36.0 Å². The third-order valence-electron chi connectivity index (χ3n) is 5.05. The lowest BCUT2D eigenvalue weighted by Gasteiger charge is -2.35. The van der Waals surface area contributed by atoms with E-state index in [9.17, 15) is 18.0 Å². The zero-order chi connectivity index (χ0) is 21.0. The molecule has 2 aromatic rings. The Labute approximate surface area is 166 Å². The molecule has 0 radical (unpaired) electrons. The molecule has 1 saturated carbocycles. The molecule has 2 N–H and O–H groups in total. The van der Waals surface area contributed by atoms with Crippen molar-refractivity contribution < 1.29 is 27.2 Å². The predicted octanol–water partition coefficient (Wildman–Crippen LogP) is 4.05. The second-order valence-electron chi connectivity index (χ2n) is 7.23. The van der Waals surface area contributed by atoms with E-state index in [1.54, 1.807) is 17.0 Å². The Morgan fingerprint density at radius 1 is 1.28 bits per heavy atom. The molecule has 1 amide bonds. The lowest BCUT2D eigenvalue weighted by Crippen LogP contribution is -2.44. The second kappa shape index (κ2) is 8.86. The topological polar surface area (TPSA) is 81.6 Å². The van der Waals surface area contributed by atoms with E-state index in [0.717, 1.165) is 25.7 Å². The highest BCUT2D eigenvalue weighted by molar-refractivity contribution is 5.92. The molecule has 0 saturated heterocycles. The third kappa shape index (κ3) is 5.72. The summed E-state index contributed by atoms with van der Waals surface area (Å²) in [5.41, 5.74) is 6.71. The van der Waals surface area contributed by atoms with Gasteiger partial charge in [0.1, 0.15) is 11.5 Å². The SMILES string of the molecule is CCc1cc(C(=O)N(Cc2cccc(OC(F)(F)F)c2)[C@H]2CC[C@@H](N)CC2)no1. The predicted molar refractivity (Wildman–Crippen MR) is 99.1 cm³/mol. The molecule has 9 heteroatoms. The Morgan fingerprint density at radius 2 is 2.00 bits per heavy atom. The molecular formula is C20H24F3N3O3. The van der Waals surface area contributed by atoms with Crippen LogP contribution in [0.25, 0.3) is 0 Å². The van der Waals surface area contributed by atoms with Crippen LogP contribution >= 0.6 is 0 Å². The van der Waals surface area contributed by atoms with Crippen LogP contribution in [0.4, 0.5) is 13.2 Å². The number of aryl methyl sites for hydroxylation is 1. The minimum Gasteiger partial charge on any atom is -0.406 e. The molecule has 0 spiro atoms. The van der Waals surface area contributed by atoms with E-state index in [4.69, 9.17) is 10.3 Å². The van der Waals surface area contributed by atoms with E-state index < -0.39 is 6.36 Å². The molecule has 1 aromatic heterocycles. The third-order valence-corrected chi connectivity index (χ3v) is 5.05. The molecule has 1 aliphatic rings. The van der Waals surface area contributed by atoms with Crippen molar-refractivity contribution in [2.45, 2.75) is 64.0 Å². The molecule has 1 heterocycles. The van der Waals surface area contributed by atoms with E-state index >= 15 is 0 Å². The average molecular weight is 411 g/mol. The van der Waals surface area contributed by atoms with Gasteiger partial charge in [-0.1, -0.05) is 24.2 Å². The average Bonchev–Trinajstić information content (AvgIpc) is 3.15. The lowest BCUT2D eigenvalue weighted by molar-refractivity contribution is -0.274. The van der Waals surface area contributed by atoms with Crippen LogP contribution < -0.4 is 10.5 Å². The Balaban J connectivity index is 1.83. The molecule has 29 heavy (non-hydrogen) atoms. The first-order valence-electron chi connectivity index (χ1n) is 9.62. The van der Waals surface area contributed by atoms with Crippen LogP contribution in [0, 0.1) is 0 Å². The maximum atomic E-state index is 13.1. The van der Waals surface area contributed by atoms with Crippen molar-refractivity contribution >= 4 is 5.91 Å². The zero-order valence-electron chi connectivity index (χ0n) is 16.1. The lowest BCUT2D eigenvalue weighted by atomic mass is 9.90. The molecule has 158 valence electrons. The molecule has 0 atom stereocenters. The van der Waals surface area contributed by atoms with Crippen LogP contribution in [0.15, 0.2) is 34.9 Å². The van der Waals surface area contributed by atoms with Gasteiger partial charge >= 0.3 is 6.36 Å².